The van der Waals surface area contributed by atoms with Crippen molar-refractivity contribution < 1.29 is 5.11 Å². The summed E-state index contributed by atoms with van der Waals surface area (Å²) < 4.78 is 0. The zero-order chi connectivity index (χ0) is 12.3. The van der Waals surface area contributed by atoms with Crippen molar-refractivity contribution in [1.29, 1.82) is 0 Å². The number of nitrogens with zero attached hydrogens (tertiary/aromatic N) is 1. The highest BCUT2D eigenvalue weighted by atomic mass is 16.3. The number of hydrogen-bond acceptors (Lipinski definition) is 3. The van der Waals surface area contributed by atoms with Crippen LogP contribution in [-0.2, 0) is 0 Å². The molecular formula is C14H28N2O. The Morgan fingerprint density at radius 2 is 1.88 bits per heavy atom. The summed E-state index contributed by atoms with van der Waals surface area (Å²) in [5, 5.41) is 13.5. The summed E-state index contributed by atoms with van der Waals surface area (Å²) in [5.41, 5.74) is 0. The molecule has 0 heterocycles. The molecule has 0 aliphatic heterocycles. The van der Waals surface area contributed by atoms with Crippen LogP contribution in [0.25, 0.3) is 0 Å². The topological polar surface area (TPSA) is 35.5 Å². The van der Waals surface area contributed by atoms with Crippen molar-refractivity contribution in [1.82, 2.24) is 10.2 Å². The van der Waals surface area contributed by atoms with Crippen LogP contribution in [0.2, 0.25) is 0 Å². The second kappa shape index (κ2) is 6.17. The third-order valence-electron chi connectivity index (χ3n) is 4.81. The SMILES string of the molecule is CNC1CCCC1CN(C)C1CCCCC1O. The lowest BCUT2D eigenvalue weighted by Crippen LogP contribution is -2.47. The predicted molar refractivity (Wildman–Crippen MR) is 71.1 cm³/mol. The zero-order valence-corrected chi connectivity index (χ0v) is 11.4. The standard InChI is InChI=1S/C14H28N2O/c1-15-12-7-5-6-11(12)10-16(2)13-8-3-4-9-14(13)17/h11-15,17H,3-10H2,1-2H3. The number of likely N-dealkylation sites (N-methyl/N-ethyl adjacent to an activating group) is 1. The van der Waals surface area contributed by atoms with Crippen LogP contribution in [0.1, 0.15) is 44.9 Å². The average molecular weight is 240 g/mol. The molecule has 17 heavy (non-hydrogen) atoms. The predicted octanol–water partition coefficient (Wildman–Crippen LogP) is 1.61. The summed E-state index contributed by atoms with van der Waals surface area (Å²) in [4.78, 5) is 2.42. The van der Waals surface area contributed by atoms with Crippen molar-refractivity contribution in [2.45, 2.75) is 63.1 Å². The van der Waals surface area contributed by atoms with E-state index < -0.39 is 0 Å². The highest BCUT2D eigenvalue weighted by Crippen LogP contribution is 2.29. The molecule has 0 radical (unpaired) electrons. The van der Waals surface area contributed by atoms with Gasteiger partial charge in [-0.25, -0.2) is 0 Å². The van der Waals surface area contributed by atoms with E-state index >= 15 is 0 Å². The van der Waals surface area contributed by atoms with Crippen LogP contribution in [0.5, 0.6) is 0 Å². The van der Waals surface area contributed by atoms with Gasteiger partial charge in [0.2, 0.25) is 0 Å². The zero-order valence-electron chi connectivity index (χ0n) is 11.4. The molecule has 0 spiro atoms. The van der Waals surface area contributed by atoms with Gasteiger partial charge in [0, 0.05) is 18.6 Å². The van der Waals surface area contributed by atoms with Crippen molar-refractivity contribution in [3.63, 3.8) is 0 Å². The first kappa shape index (κ1) is 13.3. The van der Waals surface area contributed by atoms with Gasteiger partial charge in [-0.1, -0.05) is 19.3 Å². The van der Waals surface area contributed by atoms with E-state index in [0.717, 1.165) is 18.9 Å². The van der Waals surface area contributed by atoms with Crippen LogP contribution < -0.4 is 5.32 Å². The van der Waals surface area contributed by atoms with Gasteiger partial charge in [-0.3, -0.25) is 0 Å². The lowest BCUT2D eigenvalue weighted by atomic mass is 9.90. The minimum atomic E-state index is -0.0943. The van der Waals surface area contributed by atoms with Gasteiger partial charge < -0.3 is 15.3 Å². The summed E-state index contributed by atoms with van der Waals surface area (Å²) in [6, 6.07) is 1.10. The fourth-order valence-electron chi connectivity index (χ4n) is 3.75. The normalized spacial score (nSPS) is 38.8. The third kappa shape index (κ3) is 3.21. The Balaban J connectivity index is 1.84. The van der Waals surface area contributed by atoms with E-state index in [1.807, 2.05) is 0 Å². The lowest BCUT2D eigenvalue weighted by Gasteiger charge is -2.37. The fraction of sp³-hybridized carbons (Fsp3) is 1.00. The average Bonchev–Trinajstić information content (AvgIpc) is 2.76. The summed E-state index contributed by atoms with van der Waals surface area (Å²) >= 11 is 0. The highest BCUT2D eigenvalue weighted by molar-refractivity contribution is 4.87. The van der Waals surface area contributed by atoms with Crippen molar-refractivity contribution in [3.8, 4) is 0 Å². The third-order valence-corrected chi connectivity index (χ3v) is 4.81. The van der Waals surface area contributed by atoms with Crippen molar-refractivity contribution in [2.75, 3.05) is 20.6 Å². The second-order valence-electron chi connectivity index (χ2n) is 5.94. The molecular weight excluding hydrogens is 212 g/mol. The molecule has 4 atom stereocenters. The second-order valence-corrected chi connectivity index (χ2v) is 5.94. The molecule has 0 aromatic carbocycles. The smallest absolute Gasteiger partial charge is 0.0695 e. The first-order chi connectivity index (χ1) is 8.22. The summed E-state index contributed by atoms with van der Waals surface area (Å²) in [5.74, 6) is 0.777. The summed E-state index contributed by atoms with van der Waals surface area (Å²) in [7, 11) is 4.28. The van der Waals surface area contributed by atoms with Crippen molar-refractivity contribution in [2.24, 2.45) is 5.92 Å². The Morgan fingerprint density at radius 3 is 2.59 bits per heavy atom. The summed E-state index contributed by atoms with van der Waals surface area (Å²) in [6.45, 7) is 1.15. The minimum Gasteiger partial charge on any atom is -0.391 e. The number of hydrogen-bond donors (Lipinski definition) is 2. The monoisotopic (exact) mass is 240 g/mol. The van der Waals surface area contributed by atoms with Crippen molar-refractivity contribution in [3.05, 3.63) is 0 Å². The molecule has 2 aliphatic rings. The van der Waals surface area contributed by atoms with Gasteiger partial charge in [0.25, 0.3) is 0 Å². The van der Waals surface area contributed by atoms with Crippen molar-refractivity contribution >= 4 is 0 Å². The Labute approximate surface area is 106 Å². The maximum atomic E-state index is 10.1. The number of aliphatic hydroxyl groups excluding tert-OH is 1. The van der Waals surface area contributed by atoms with Gasteiger partial charge in [-0.15, -0.1) is 0 Å². The largest absolute Gasteiger partial charge is 0.391 e. The van der Waals surface area contributed by atoms with Gasteiger partial charge in [-0.2, -0.15) is 0 Å². The quantitative estimate of drug-likeness (QED) is 0.783. The molecule has 3 heteroatoms. The van der Waals surface area contributed by atoms with E-state index in [4.69, 9.17) is 0 Å². The molecule has 0 bridgehead atoms. The highest BCUT2D eigenvalue weighted by Gasteiger charge is 2.31. The van der Waals surface area contributed by atoms with Crippen LogP contribution in [0.4, 0.5) is 0 Å². The maximum Gasteiger partial charge on any atom is 0.0695 e. The first-order valence-electron chi connectivity index (χ1n) is 7.28. The number of rotatable bonds is 4. The Kier molecular flexibility index (Phi) is 4.83. The Bertz CT molecular complexity index is 234. The number of aliphatic hydroxyl groups is 1. The molecule has 2 N–H and O–H groups in total. The summed E-state index contributed by atoms with van der Waals surface area (Å²) in [6.07, 6.45) is 8.59. The first-order valence-corrected chi connectivity index (χ1v) is 7.28. The molecule has 0 saturated heterocycles. The Morgan fingerprint density at radius 1 is 1.12 bits per heavy atom. The van der Waals surface area contributed by atoms with E-state index in [9.17, 15) is 5.11 Å². The van der Waals surface area contributed by atoms with Crippen LogP contribution in [0, 0.1) is 5.92 Å². The molecule has 100 valence electrons. The molecule has 2 fully saturated rings. The lowest BCUT2D eigenvalue weighted by molar-refractivity contribution is 0.0245. The van der Waals surface area contributed by atoms with Gasteiger partial charge in [-0.05, 0) is 45.7 Å². The minimum absolute atomic E-state index is 0.0943. The van der Waals surface area contributed by atoms with Gasteiger partial charge in [0.15, 0.2) is 0 Å². The molecule has 0 amide bonds. The molecule has 4 unspecified atom stereocenters. The van der Waals surface area contributed by atoms with Crippen LogP contribution >= 0.6 is 0 Å². The van der Waals surface area contributed by atoms with E-state index in [0.29, 0.717) is 12.1 Å². The molecule has 2 saturated carbocycles. The molecule has 0 aromatic rings. The van der Waals surface area contributed by atoms with Gasteiger partial charge in [0.05, 0.1) is 6.10 Å². The fourth-order valence-corrected chi connectivity index (χ4v) is 3.75. The van der Waals surface area contributed by atoms with E-state index in [1.54, 1.807) is 0 Å². The van der Waals surface area contributed by atoms with Crippen LogP contribution in [-0.4, -0.2) is 48.8 Å². The van der Waals surface area contributed by atoms with Crippen LogP contribution in [0.3, 0.4) is 0 Å². The molecule has 2 aliphatic carbocycles. The van der Waals surface area contributed by atoms with Gasteiger partial charge >= 0.3 is 0 Å². The van der Waals surface area contributed by atoms with Gasteiger partial charge in [0.1, 0.15) is 0 Å². The Hall–Kier alpha value is -0.120. The van der Waals surface area contributed by atoms with Crippen LogP contribution in [0.15, 0.2) is 0 Å². The maximum absolute atomic E-state index is 10.1. The molecule has 2 rings (SSSR count). The number of nitrogens with one attached hydrogen (secondary N) is 1. The van der Waals surface area contributed by atoms with E-state index in [1.165, 1.54) is 38.5 Å². The molecule has 3 nitrogen and oxygen atoms in total. The molecule has 0 aromatic heterocycles. The van der Waals surface area contributed by atoms with E-state index in [2.05, 4.69) is 24.3 Å². The van der Waals surface area contributed by atoms with E-state index in [-0.39, 0.29) is 6.10 Å².